The van der Waals surface area contributed by atoms with E-state index in [1.165, 1.54) is 24.3 Å². The van der Waals surface area contributed by atoms with Crippen LogP contribution in [-0.2, 0) is 14.8 Å². The topological polar surface area (TPSA) is 78.5 Å². The number of nitrogens with one attached hydrogen (secondary N) is 2. The number of halogens is 2. The van der Waals surface area contributed by atoms with Crippen LogP contribution >= 0.6 is 24.0 Å². The van der Waals surface area contributed by atoms with E-state index < -0.39 is 16.1 Å². The largest absolute Gasteiger partial charge is 0.336 e. The first kappa shape index (κ1) is 20.2. The van der Waals surface area contributed by atoms with Crippen LogP contribution in [0.4, 0.5) is 0 Å². The van der Waals surface area contributed by atoms with Gasteiger partial charge in [-0.15, -0.1) is 12.4 Å². The van der Waals surface area contributed by atoms with E-state index in [-0.39, 0.29) is 29.3 Å². The van der Waals surface area contributed by atoms with Gasteiger partial charge in [-0.1, -0.05) is 11.6 Å². The summed E-state index contributed by atoms with van der Waals surface area (Å²) >= 11 is 5.75. The first-order chi connectivity index (χ1) is 10.3. The molecule has 0 saturated carbocycles. The Balaban J connectivity index is 0.00000264. The molecule has 1 aromatic carbocycles. The molecule has 130 valence electrons. The third kappa shape index (κ3) is 5.06. The molecule has 23 heavy (non-hydrogen) atoms. The summed E-state index contributed by atoms with van der Waals surface area (Å²) in [6, 6.07) is 5.05. The highest BCUT2D eigenvalue weighted by Gasteiger charge is 2.29. The lowest BCUT2D eigenvalue weighted by atomic mass is 10.2. The number of benzene rings is 1. The lowest BCUT2D eigenvalue weighted by molar-refractivity contribution is -0.135. The third-order valence-corrected chi connectivity index (χ3v) is 5.42. The molecule has 2 N–H and O–H groups in total. The van der Waals surface area contributed by atoms with Crippen molar-refractivity contribution >= 4 is 39.9 Å². The van der Waals surface area contributed by atoms with Crippen LogP contribution < -0.4 is 10.0 Å². The van der Waals surface area contributed by atoms with Gasteiger partial charge in [-0.3, -0.25) is 4.79 Å². The summed E-state index contributed by atoms with van der Waals surface area (Å²) in [5.41, 5.74) is 0. The number of carbonyl (C=O) groups excluding carboxylic acids is 1. The van der Waals surface area contributed by atoms with Crippen LogP contribution in [-0.4, -0.2) is 50.9 Å². The molecule has 2 rings (SSSR count). The van der Waals surface area contributed by atoms with Gasteiger partial charge in [0.2, 0.25) is 15.9 Å². The summed E-state index contributed by atoms with van der Waals surface area (Å²) in [7, 11) is -3.75. The fourth-order valence-electron chi connectivity index (χ4n) is 2.38. The summed E-state index contributed by atoms with van der Waals surface area (Å²) in [6.45, 7) is 5.50. The molecule has 1 heterocycles. The number of sulfonamides is 1. The molecule has 1 aliphatic heterocycles. The number of hydrogen-bond acceptors (Lipinski definition) is 4. The number of hydrogen-bond donors (Lipinski definition) is 2. The van der Waals surface area contributed by atoms with Crippen molar-refractivity contribution in [1.29, 1.82) is 0 Å². The van der Waals surface area contributed by atoms with Gasteiger partial charge in [0.05, 0.1) is 10.9 Å². The maximum Gasteiger partial charge on any atom is 0.241 e. The maximum absolute atomic E-state index is 12.4. The van der Waals surface area contributed by atoms with Crippen LogP contribution in [0.5, 0.6) is 0 Å². The second kappa shape index (κ2) is 8.30. The summed E-state index contributed by atoms with van der Waals surface area (Å²) in [6.07, 6.45) is 0. The van der Waals surface area contributed by atoms with Crippen LogP contribution in [0.15, 0.2) is 29.2 Å². The Bertz CT molecular complexity index is 637. The number of nitrogens with zero attached hydrogens (tertiary/aromatic N) is 1. The fourth-order valence-corrected chi connectivity index (χ4v) is 3.70. The van der Waals surface area contributed by atoms with Gasteiger partial charge in [0.1, 0.15) is 0 Å². The Morgan fingerprint density at radius 1 is 1.39 bits per heavy atom. The van der Waals surface area contributed by atoms with Crippen molar-refractivity contribution in [3.63, 3.8) is 0 Å². The molecule has 0 bridgehead atoms. The molecular formula is C14H21Cl2N3O3S. The average Bonchev–Trinajstić information content (AvgIpc) is 2.47. The highest BCUT2D eigenvalue weighted by Crippen LogP contribution is 2.15. The molecule has 6 nitrogen and oxygen atoms in total. The van der Waals surface area contributed by atoms with Crippen molar-refractivity contribution in [2.24, 2.45) is 0 Å². The fraction of sp³-hybridized carbons (Fsp3) is 0.500. The van der Waals surface area contributed by atoms with Crippen molar-refractivity contribution in [3.8, 4) is 0 Å². The number of carbonyl (C=O) groups is 1. The van der Waals surface area contributed by atoms with E-state index in [9.17, 15) is 13.2 Å². The molecule has 9 heteroatoms. The summed E-state index contributed by atoms with van der Waals surface area (Å²) < 4.78 is 27.0. The average molecular weight is 382 g/mol. The highest BCUT2D eigenvalue weighted by molar-refractivity contribution is 7.89. The van der Waals surface area contributed by atoms with Crippen LogP contribution in [0, 0.1) is 0 Å². The molecule has 1 fully saturated rings. The summed E-state index contributed by atoms with van der Waals surface area (Å²) in [4.78, 5) is 14.2. The first-order valence-electron chi connectivity index (χ1n) is 7.10. The molecule has 0 aliphatic carbocycles. The Hall–Kier alpha value is -0.860. The quantitative estimate of drug-likeness (QED) is 0.822. The van der Waals surface area contributed by atoms with E-state index >= 15 is 0 Å². The van der Waals surface area contributed by atoms with Crippen LogP contribution in [0.25, 0.3) is 0 Å². The normalized spacial score (nSPS) is 19.8. The minimum Gasteiger partial charge on any atom is -0.336 e. The second-order valence-corrected chi connectivity index (χ2v) is 7.53. The second-order valence-electron chi connectivity index (χ2n) is 5.38. The van der Waals surface area contributed by atoms with Gasteiger partial charge in [-0.2, -0.15) is 4.72 Å². The van der Waals surface area contributed by atoms with E-state index in [0.717, 1.165) is 0 Å². The van der Waals surface area contributed by atoms with Gasteiger partial charge in [0.15, 0.2) is 0 Å². The van der Waals surface area contributed by atoms with Crippen LogP contribution in [0.3, 0.4) is 0 Å². The molecule has 1 amide bonds. The Morgan fingerprint density at radius 3 is 2.57 bits per heavy atom. The standard InChI is InChI=1S/C14H20ClN3O3S.ClH/c1-10-9-16-7-8-18(10)14(19)11(2)17-22(20,21)13-5-3-12(15)4-6-13;/h3-6,10-11,16-17H,7-9H2,1-2H3;1H. The number of rotatable bonds is 4. The maximum atomic E-state index is 12.4. The van der Waals surface area contributed by atoms with E-state index in [0.29, 0.717) is 24.7 Å². The molecule has 0 radical (unpaired) electrons. The van der Waals surface area contributed by atoms with Crippen molar-refractivity contribution in [3.05, 3.63) is 29.3 Å². The zero-order valence-electron chi connectivity index (χ0n) is 13.0. The SMILES string of the molecule is CC(NS(=O)(=O)c1ccc(Cl)cc1)C(=O)N1CCNCC1C.Cl. The zero-order chi connectivity index (χ0) is 16.3. The van der Waals surface area contributed by atoms with Crippen molar-refractivity contribution in [2.45, 2.75) is 30.8 Å². The van der Waals surface area contributed by atoms with Crippen LogP contribution in [0.1, 0.15) is 13.8 Å². The molecule has 0 aromatic heterocycles. The zero-order valence-corrected chi connectivity index (χ0v) is 15.3. The Labute approximate surface area is 148 Å². The van der Waals surface area contributed by atoms with Crippen LogP contribution in [0.2, 0.25) is 5.02 Å². The van der Waals surface area contributed by atoms with E-state index in [1.807, 2.05) is 6.92 Å². The smallest absolute Gasteiger partial charge is 0.241 e. The molecule has 2 unspecified atom stereocenters. The highest BCUT2D eigenvalue weighted by atomic mass is 35.5. The Kier molecular flexibility index (Phi) is 7.29. The number of amides is 1. The lowest BCUT2D eigenvalue weighted by Crippen LogP contribution is -2.57. The third-order valence-electron chi connectivity index (χ3n) is 3.61. The molecule has 2 atom stereocenters. The molecular weight excluding hydrogens is 361 g/mol. The van der Waals surface area contributed by atoms with E-state index in [2.05, 4.69) is 10.0 Å². The predicted octanol–water partition coefficient (Wildman–Crippen LogP) is 1.25. The first-order valence-corrected chi connectivity index (χ1v) is 8.96. The van der Waals surface area contributed by atoms with Gasteiger partial charge in [0.25, 0.3) is 0 Å². The van der Waals surface area contributed by atoms with Gasteiger partial charge < -0.3 is 10.2 Å². The molecule has 1 aliphatic rings. The van der Waals surface area contributed by atoms with Crippen molar-refractivity contribution in [2.75, 3.05) is 19.6 Å². The van der Waals surface area contributed by atoms with Gasteiger partial charge in [-0.05, 0) is 38.1 Å². The predicted molar refractivity (Wildman–Crippen MR) is 92.5 cm³/mol. The molecule has 1 saturated heterocycles. The van der Waals surface area contributed by atoms with Crippen molar-refractivity contribution in [1.82, 2.24) is 14.9 Å². The Morgan fingerprint density at radius 2 is 2.00 bits per heavy atom. The van der Waals surface area contributed by atoms with Gasteiger partial charge in [-0.25, -0.2) is 8.42 Å². The summed E-state index contributed by atoms with van der Waals surface area (Å²) in [5.74, 6) is -0.216. The minimum atomic E-state index is -3.75. The van der Waals surface area contributed by atoms with Crippen molar-refractivity contribution < 1.29 is 13.2 Å². The lowest BCUT2D eigenvalue weighted by Gasteiger charge is -2.35. The molecule has 0 spiro atoms. The summed E-state index contributed by atoms with van der Waals surface area (Å²) in [5, 5.41) is 3.65. The van der Waals surface area contributed by atoms with Gasteiger partial charge >= 0.3 is 0 Å². The monoisotopic (exact) mass is 381 g/mol. The van der Waals surface area contributed by atoms with E-state index in [4.69, 9.17) is 11.6 Å². The van der Waals surface area contributed by atoms with E-state index in [1.54, 1.807) is 11.8 Å². The molecule has 1 aromatic rings. The minimum absolute atomic E-state index is 0. The van der Waals surface area contributed by atoms with Gasteiger partial charge in [0, 0.05) is 30.7 Å². The number of piperazine rings is 1.